The second-order valence-corrected chi connectivity index (χ2v) is 12.6. The first-order valence-corrected chi connectivity index (χ1v) is 16.6. The summed E-state index contributed by atoms with van der Waals surface area (Å²) in [5.74, 6) is 1.46. The Morgan fingerprint density at radius 1 is 0.490 bits per heavy atom. The number of hydrogen-bond acceptors (Lipinski definition) is 4. The number of furan rings is 1. The van der Waals surface area contributed by atoms with Gasteiger partial charge in [0.25, 0.3) is 0 Å². The Kier molecular flexibility index (Phi) is 6.21. The molecule has 2 heterocycles. The molecule has 0 bridgehead atoms. The summed E-state index contributed by atoms with van der Waals surface area (Å²) in [5.41, 5.74) is 6.91. The largest absolute Gasteiger partial charge is 0.455 e. The second kappa shape index (κ2) is 11.0. The Hall–Kier alpha value is -6.52. The van der Waals surface area contributed by atoms with Crippen LogP contribution in [0.3, 0.4) is 0 Å². The maximum Gasteiger partial charge on any atom is 0.159 e. The lowest BCUT2D eigenvalue weighted by atomic mass is 9.98. The average Bonchev–Trinajstić information content (AvgIpc) is 3.57. The van der Waals surface area contributed by atoms with Gasteiger partial charge >= 0.3 is 0 Å². The summed E-state index contributed by atoms with van der Waals surface area (Å²) in [6, 6.07) is 57.5. The molecule has 0 aliphatic carbocycles. The summed E-state index contributed by atoms with van der Waals surface area (Å²) >= 11 is 0. The zero-order chi connectivity index (χ0) is 32.3. The number of rotatable bonds is 4. The van der Waals surface area contributed by atoms with Crippen LogP contribution in [0.2, 0.25) is 0 Å². The number of nitrogens with one attached hydrogen (secondary N) is 1. The van der Waals surface area contributed by atoms with Crippen LogP contribution in [-0.2, 0) is 0 Å². The van der Waals surface area contributed by atoms with E-state index in [2.05, 4.69) is 151 Å². The van der Waals surface area contributed by atoms with E-state index in [1.54, 1.807) is 0 Å². The Morgan fingerprint density at radius 2 is 1.16 bits per heavy atom. The minimum absolute atomic E-state index is 0.312. The summed E-state index contributed by atoms with van der Waals surface area (Å²) in [5, 5.41) is 13.0. The first kappa shape index (κ1) is 27.6. The molecule has 8 aromatic carbocycles. The van der Waals surface area contributed by atoms with E-state index in [1.807, 2.05) is 18.2 Å². The molecule has 4 heteroatoms. The highest BCUT2D eigenvalue weighted by molar-refractivity contribution is 6.23. The zero-order valence-electron chi connectivity index (χ0n) is 26.5. The molecular formula is C45H29N3O. The molecule has 0 spiro atoms. The molecule has 1 aliphatic heterocycles. The van der Waals surface area contributed by atoms with Crippen molar-refractivity contribution in [1.29, 1.82) is 0 Å². The van der Waals surface area contributed by atoms with Crippen LogP contribution in [-0.4, -0.2) is 11.7 Å². The topological polar surface area (TPSA) is 49.9 Å². The third kappa shape index (κ3) is 4.61. The summed E-state index contributed by atoms with van der Waals surface area (Å²) in [6.45, 7) is 0. The van der Waals surface area contributed by atoms with E-state index in [4.69, 9.17) is 14.4 Å². The number of fused-ring (bicyclic) bond motifs is 7. The predicted octanol–water partition coefficient (Wildman–Crippen LogP) is 11.2. The van der Waals surface area contributed by atoms with Crippen molar-refractivity contribution in [1.82, 2.24) is 5.32 Å². The Balaban J connectivity index is 1.16. The third-order valence-electron chi connectivity index (χ3n) is 9.70. The standard InChI is InChI=1S/C45H29N3O/c1-2-12-31(13-3-1)43-46-44(34-25-23-30-22-21-29-11-6-7-15-35(29)39(30)27-34)48-45(47-43)38-18-9-19-40-41(38)37-17-8-16-36(42(37)49-40)33-24-20-28-10-4-5-14-32(28)26-33/h1-27,43H,(H,46,47,48). The summed E-state index contributed by atoms with van der Waals surface area (Å²) in [7, 11) is 0. The van der Waals surface area contributed by atoms with E-state index in [0.717, 1.165) is 55.6 Å². The van der Waals surface area contributed by atoms with Crippen molar-refractivity contribution in [2.75, 3.05) is 0 Å². The van der Waals surface area contributed by atoms with E-state index in [-0.39, 0.29) is 6.17 Å². The van der Waals surface area contributed by atoms with Crippen LogP contribution in [0.4, 0.5) is 0 Å². The van der Waals surface area contributed by atoms with Crippen molar-refractivity contribution >= 4 is 65.9 Å². The normalized spacial score (nSPS) is 14.7. The average molecular weight is 628 g/mol. The van der Waals surface area contributed by atoms with Gasteiger partial charge in [-0.25, -0.2) is 9.98 Å². The van der Waals surface area contributed by atoms with Crippen LogP contribution in [0.5, 0.6) is 0 Å². The Morgan fingerprint density at radius 3 is 2.06 bits per heavy atom. The molecule has 9 aromatic rings. The molecule has 0 fully saturated rings. The van der Waals surface area contributed by atoms with Crippen molar-refractivity contribution in [3.05, 3.63) is 180 Å². The van der Waals surface area contributed by atoms with Crippen molar-refractivity contribution in [2.24, 2.45) is 9.98 Å². The van der Waals surface area contributed by atoms with Gasteiger partial charge in [0.05, 0.1) is 0 Å². The number of nitrogens with zero attached hydrogens (tertiary/aromatic N) is 2. The Bertz CT molecular complexity index is 2810. The van der Waals surface area contributed by atoms with Gasteiger partial charge in [0.1, 0.15) is 23.2 Å². The fourth-order valence-electron chi connectivity index (χ4n) is 7.29. The summed E-state index contributed by atoms with van der Waals surface area (Å²) < 4.78 is 6.68. The maximum atomic E-state index is 6.68. The number of para-hydroxylation sites is 1. The molecule has 49 heavy (non-hydrogen) atoms. The van der Waals surface area contributed by atoms with Crippen LogP contribution in [0.15, 0.2) is 178 Å². The lowest BCUT2D eigenvalue weighted by Gasteiger charge is -2.24. The number of aliphatic imine (C=N–C) groups is 2. The lowest BCUT2D eigenvalue weighted by molar-refractivity contribution is 0.668. The minimum atomic E-state index is -0.312. The first-order valence-electron chi connectivity index (χ1n) is 16.6. The number of hydrogen-bond donors (Lipinski definition) is 1. The minimum Gasteiger partial charge on any atom is -0.455 e. The molecule has 1 aliphatic rings. The molecule has 230 valence electrons. The van der Waals surface area contributed by atoms with Crippen molar-refractivity contribution in [2.45, 2.75) is 6.17 Å². The van der Waals surface area contributed by atoms with Crippen molar-refractivity contribution in [3.8, 4) is 11.1 Å². The fourth-order valence-corrected chi connectivity index (χ4v) is 7.29. The van der Waals surface area contributed by atoms with Gasteiger partial charge in [-0.15, -0.1) is 0 Å². The lowest BCUT2D eigenvalue weighted by Crippen LogP contribution is -2.33. The highest BCUT2D eigenvalue weighted by atomic mass is 16.3. The monoisotopic (exact) mass is 627 g/mol. The highest BCUT2D eigenvalue weighted by Gasteiger charge is 2.24. The molecule has 1 N–H and O–H groups in total. The zero-order valence-corrected chi connectivity index (χ0v) is 26.5. The van der Waals surface area contributed by atoms with E-state index < -0.39 is 0 Å². The van der Waals surface area contributed by atoms with Crippen LogP contribution in [0.25, 0.3) is 65.4 Å². The molecule has 4 nitrogen and oxygen atoms in total. The van der Waals surface area contributed by atoms with E-state index in [0.29, 0.717) is 5.84 Å². The van der Waals surface area contributed by atoms with Crippen LogP contribution in [0, 0.1) is 0 Å². The van der Waals surface area contributed by atoms with Gasteiger partial charge in [0.15, 0.2) is 5.84 Å². The molecule has 0 radical (unpaired) electrons. The van der Waals surface area contributed by atoms with Gasteiger partial charge in [0.2, 0.25) is 0 Å². The summed E-state index contributed by atoms with van der Waals surface area (Å²) in [4.78, 5) is 10.4. The molecule has 0 saturated heterocycles. The van der Waals surface area contributed by atoms with Gasteiger partial charge in [-0.05, 0) is 61.6 Å². The van der Waals surface area contributed by atoms with Gasteiger partial charge in [-0.3, -0.25) is 0 Å². The number of amidine groups is 2. The first-order chi connectivity index (χ1) is 24.3. The molecule has 1 atom stereocenters. The van der Waals surface area contributed by atoms with Crippen LogP contribution >= 0.6 is 0 Å². The van der Waals surface area contributed by atoms with Crippen LogP contribution < -0.4 is 5.32 Å². The maximum absolute atomic E-state index is 6.68. The fraction of sp³-hybridized carbons (Fsp3) is 0.0222. The summed E-state index contributed by atoms with van der Waals surface area (Å²) in [6.07, 6.45) is -0.312. The molecular weight excluding hydrogens is 599 g/mol. The second-order valence-electron chi connectivity index (χ2n) is 12.6. The van der Waals surface area contributed by atoms with Crippen molar-refractivity contribution < 1.29 is 4.42 Å². The predicted molar refractivity (Wildman–Crippen MR) is 204 cm³/mol. The van der Waals surface area contributed by atoms with Crippen molar-refractivity contribution in [3.63, 3.8) is 0 Å². The van der Waals surface area contributed by atoms with Gasteiger partial charge < -0.3 is 9.73 Å². The molecule has 1 unspecified atom stereocenters. The highest BCUT2D eigenvalue weighted by Crippen LogP contribution is 2.39. The molecule has 0 saturated carbocycles. The van der Waals surface area contributed by atoms with E-state index >= 15 is 0 Å². The SMILES string of the molecule is c1ccc(C2N=C(c3ccc4ccc5ccccc5c4c3)N=C(c3cccc4oc5c(-c6ccc7ccccc7c6)cccc5c34)N2)cc1. The molecule has 1 aromatic heterocycles. The quantitative estimate of drug-likeness (QED) is 0.197. The number of benzene rings is 8. The van der Waals surface area contributed by atoms with Gasteiger partial charge in [-0.2, -0.15) is 0 Å². The molecule has 10 rings (SSSR count). The van der Waals surface area contributed by atoms with Crippen LogP contribution in [0.1, 0.15) is 22.9 Å². The van der Waals surface area contributed by atoms with Gasteiger partial charge in [0, 0.05) is 27.5 Å². The van der Waals surface area contributed by atoms with E-state index in [1.165, 1.54) is 32.3 Å². The third-order valence-corrected chi connectivity index (χ3v) is 9.70. The van der Waals surface area contributed by atoms with E-state index in [9.17, 15) is 0 Å². The Labute approximate surface area is 282 Å². The van der Waals surface area contributed by atoms with Gasteiger partial charge in [-0.1, -0.05) is 146 Å². The molecule has 0 amide bonds. The smallest absolute Gasteiger partial charge is 0.159 e.